The highest BCUT2D eigenvalue weighted by atomic mass is 32.2. The molecule has 1 heterocycles. The molecule has 0 amide bonds. The minimum Gasteiger partial charge on any atom is -0.495 e. The van der Waals surface area contributed by atoms with E-state index in [0.29, 0.717) is 27.3 Å². The summed E-state index contributed by atoms with van der Waals surface area (Å²) in [6, 6.07) is 12.1. The Morgan fingerprint density at radius 2 is 1.45 bits per heavy atom. The van der Waals surface area contributed by atoms with Gasteiger partial charge in [-0.05, 0) is 18.6 Å². The maximum absolute atomic E-state index is 13.1. The molecule has 0 unspecified atom stereocenters. The number of alkyl halides is 3. The molecule has 0 bridgehead atoms. The molecular weight excluding hydrogens is 435 g/mol. The second-order valence-corrected chi connectivity index (χ2v) is 8.32. The van der Waals surface area contributed by atoms with Crippen molar-refractivity contribution in [3.63, 3.8) is 0 Å². The predicted molar refractivity (Wildman–Crippen MR) is 110 cm³/mol. The zero-order valence-electron chi connectivity index (χ0n) is 16.6. The molecule has 0 fully saturated rings. The molecule has 0 radical (unpaired) electrons. The number of aryl methyl sites for hydroxylation is 1. The summed E-state index contributed by atoms with van der Waals surface area (Å²) in [4.78, 5) is 4.12. The van der Waals surface area contributed by atoms with E-state index in [1.165, 1.54) is 14.2 Å². The van der Waals surface area contributed by atoms with Crippen molar-refractivity contribution in [2.24, 2.45) is 0 Å². The van der Waals surface area contributed by atoms with Gasteiger partial charge < -0.3 is 13.7 Å². The van der Waals surface area contributed by atoms with Crippen LogP contribution in [0.5, 0.6) is 17.4 Å². The van der Waals surface area contributed by atoms with E-state index in [1.807, 2.05) is 0 Å². The van der Waals surface area contributed by atoms with E-state index in [2.05, 4.69) is 9.17 Å². The van der Waals surface area contributed by atoms with Gasteiger partial charge in [-0.2, -0.15) is 21.6 Å². The molecule has 0 atom stereocenters. The van der Waals surface area contributed by atoms with Crippen LogP contribution < -0.4 is 13.7 Å². The summed E-state index contributed by atoms with van der Waals surface area (Å²) in [6.45, 7) is 1.77. The number of aromatic nitrogens is 1. The minimum atomic E-state index is -5.98. The van der Waals surface area contributed by atoms with Crippen LogP contribution in [0.2, 0.25) is 0 Å². The zero-order chi connectivity index (χ0) is 22.6. The van der Waals surface area contributed by atoms with E-state index < -0.39 is 21.5 Å². The van der Waals surface area contributed by atoms with Crippen LogP contribution in [-0.4, -0.2) is 33.1 Å². The summed E-state index contributed by atoms with van der Waals surface area (Å²) >= 11 is 0. The van der Waals surface area contributed by atoms with Crippen molar-refractivity contribution < 1.29 is 35.2 Å². The average molecular weight is 451 g/mol. The van der Waals surface area contributed by atoms with Crippen LogP contribution in [-0.2, 0) is 10.1 Å². The maximum atomic E-state index is 13.1. The Labute approximate surface area is 175 Å². The van der Waals surface area contributed by atoms with Gasteiger partial charge in [-0.15, -0.1) is 0 Å². The minimum absolute atomic E-state index is 0.0396. The molecule has 162 valence electrons. The standard InChI is InChI=1S/C21H16F3NO5S/c1-11-8-9-14-15(10-11)25-20(30-31(26,27)21(22,23)24)17-16(14)18(28-2)12-6-4-5-7-13(12)19(17)29-3/h4-10H,1-3H3. The number of ether oxygens (including phenoxy) is 2. The Bertz CT molecular complexity index is 1450. The molecule has 10 heteroatoms. The number of halogens is 3. The van der Waals surface area contributed by atoms with Crippen molar-refractivity contribution in [1.82, 2.24) is 4.98 Å². The third-order valence-electron chi connectivity index (χ3n) is 4.86. The molecule has 0 aliphatic heterocycles. The third-order valence-corrected chi connectivity index (χ3v) is 5.80. The quantitative estimate of drug-likeness (QED) is 0.186. The van der Waals surface area contributed by atoms with Gasteiger partial charge in [0, 0.05) is 21.5 Å². The van der Waals surface area contributed by atoms with E-state index in [-0.39, 0.29) is 16.7 Å². The third kappa shape index (κ3) is 3.27. The number of hydrogen-bond donors (Lipinski definition) is 0. The molecule has 0 N–H and O–H groups in total. The lowest BCUT2D eigenvalue weighted by Crippen LogP contribution is -2.28. The van der Waals surface area contributed by atoms with Crippen LogP contribution in [0.25, 0.3) is 32.4 Å². The summed E-state index contributed by atoms with van der Waals surface area (Å²) in [5.41, 5.74) is -4.61. The molecule has 0 aliphatic rings. The summed E-state index contributed by atoms with van der Waals surface area (Å²) < 4.78 is 78.5. The second-order valence-electron chi connectivity index (χ2n) is 6.78. The van der Waals surface area contributed by atoms with Gasteiger partial charge in [0.05, 0.1) is 25.1 Å². The zero-order valence-corrected chi connectivity index (χ0v) is 17.4. The molecule has 6 nitrogen and oxygen atoms in total. The highest BCUT2D eigenvalue weighted by Gasteiger charge is 2.49. The Kier molecular flexibility index (Phi) is 4.84. The average Bonchev–Trinajstić information content (AvgIpc) is 2.70. The molecule has 0 spiro atoms. The van der Waals surface area contributed by atoms with Crippen LogP contribution in [0, 0.1) is 6.92 Å². The second kappa shape index (κ2) is 7.16. The highest BCUT2D eigenvalue weighted by molar-refractivity contribution is 7.88. The largest absolute Gasteiger partial charge is 0.534 e. The fraction of sp³-hybridized carbons (Fsp3) is 0.190. The van der Waals surface area contributed by atoms with Gasteiger partial charge in [0.15, 0.2) is 0 Å². The molecule has 1 aromatic heterocycles. The summed E-state index contributed by atoms with van der Waals surface area (Å²) in [7, 11) is -3.23. The fourth-order valence-electron chi connectivity index (χ4n) is 3.58. The highest BCUT2D eigenvalue weighted by Crippen LogP contribution is 2.49. The van der Waals surface area contributed by atoms with Gasteiger partial charge in [-0.1, -0.05) is 36.4 Å². The molecule has 4 aromatic rings. The van der Waals surface area contributed by atoms with Crippen LogP contribution in [0.15, 0.2) is 42.5 Å². The number of fused-ring (bicyclic) bond motifs is 4. The number of nitrogens with zero attached hydrogens (tertiary/aromatic N) is 1. The van der Waals surface area contributed by atoms with E-state index in [4.69, 9.17) is 9.47 Å². The van der Waals surface area contributed by atoms with Gasteiger partial charge in [-0.3, -0.25) is 0 Å². The fourth-order valence-corrected chi connectivity index (χ4v) is 4.01. The first kappa shape index (κ1) is 21.0. The van der Waals surface area contributed by atoms with Crippen LogP contribution in [0.3, 0.4) is 0 Å². The van der Waals surface area contributed by atoms with Crippen LogP contribution >= 0.6 is 0 Å². The number of benzene rings is 3. The molecule has 3 aromatic carbocycles. The Hall–Kier alpha value is -3.27. The van der Waals surface area contributed by atoms with Crippen molar-refractivity contribution in [3.8, 4) is 17.4 Å². The van der Waals surface area contributed by atoms with E-state index in [9.17, 15) is 21.6 Å². The molecule has 0 saturated heterocycles. The predicted octanol–water partition coefficient (Wildman–Crippen LogP) is 5.10. The normalized spacial score (nSPS) is 12.5. The number of pyridine rings is 1. The maximum Gasteiger partial charge on any atom is 0.534 e. The van der Waals surface area contributed by atoms with E-state index in [0.717, 1.165) is 5.56 Å². The van der Waals surface area contributed by atoms with Crippen molar-refractivity contribution in [2.45, 2.75) is 12.4 Å². The number of methoxy groups -OCH3 is 2. The van der Waals surface area contributed by atoms with Crippen LogP contribution in [0.1, 0.15) is 5.56 Å². The van der Waals surface area contributed by atoms with Gasteiger partial charge in [0.1, 0.15) is 11.5 Å². The lowest BCUT2D eigenvalue weighted by Gasteiger charge is -2.19. The van der Waals surface area contributed by atoms with Crippen molar-refractivity contribution >= 4 is 42.6 Å². The Morgan fingerprint density at radius 3 is 2.00 bits per heavy atom. The molecule has 31 heavy (non-hydrogen) atoms. The SMILES string of the molecule is COc1c2ccccc2c(OC)c2c1c(OS(=O)(=O)C(F)(F)F)nc1cc(C)ccc12. The van der Waals surface area contributed by atoms with Gasteiger partial charge in [0.2, 0.25) is 5.88 Å². The lowest BCUT2D eigenvalue weighted by atomic mass is 9.97. The summed E-state index contributed by atoms with van der Waals surface area (Å²) in [6.07, 6.45) is 0. The lowest BCUT2D eigenvalue weighted by molar-refractivity contribution is -0.0500. The Balaban J connectivity index is 2.28. The van der Waals surface area contributed by atoms with Crippen molar-refractivity contribution in [3.05, 3.63) is 48.0 Å². The smallest absolute Gasteiger partial charge is 0.495 e. The van der Waals surface area contributed by atoms with Gasteiger partial charge in [0.25, 0.3) is 0 Å². The first-order valence-electron chi connectivity index (χ1n) is 8.96. The molecule has 0 aliphatic carbocycles. The van der Waals surface area contributed by atoms with Crippen molar-refractivity contribution in [2.75, 3.05) is 14.2 Å². The monoisotopic (exact) mass is 451 g/mol. The first-order chi connectivity index (χ1) is 14.6. The van der Waals surface area contributed by atoms with Crippen LogP contribution in [0.4, 0.5) is 13.2 Å². The van der Waals surface area contributed by atoms with Crippen molar-refractivity contribution in [1.29, 1.82) is 0 Å². The molecular formula is C21H16F3NO5S. The van der Waals surface area contributed by atoms with Gasteiger partial charge in [-0.25, -0.2) is 4.98 Å². The summed E-state index contributed by atoms with van der Waals surface area (Å²) in [5, 5.41) is 1.96. The summed E-state index contributed by atoms with van der Waals surface area (Å²) in [5.74, 6) is -0.294. The molecule has 4 rings (SSSR count). The molecule has 0 saturated carbocycles. The number of rotatable bonds is 4. The first-order valence-corrected chi connectivity index (χ1v) is 10.4. The van der Waals surface area contributed by atoms with E-state index in [1.54, 1.807) is 49.4 Å². The topological polar surface area (TPSA) is 74.7 Å². The van der Waals surface area contributed by atoms with E-state index >= 15 is 0 Å². The van der Waals surface area contributed by atoms with Gasteiger partial charge >= 0.3 is 15.6 Å². The Morgan fingerprint density at radius 1 is 0.871 bits per heavy atom. The number of hydrogen-bond acceptors (Lipinski definition) is 6.